The first-order chi connectivity index (χ1) is 13.7. The van der Waals surface area contributed by atoms with Crippen molar-refractivity contribution in [3.8, 4) is 11.4 Å². The average Bonchev–Trinajstić information content (AvgIpc) is 3.41. The van der Waals surface area contributed by atoms with E-state index in [1.165, 1.54) is 18.5 Å². The van der Waals surface area contributed by atoms with Crippen LogP contribution in [0.15, 0.2) is 62.2 Å². The van der Waals surface area contributed by atoms with Gasteiger partial charge in [-0.1, -0.05) is 23.4 Å². The summed E-state index contributed by atoms with van der Waals surface area (Å²) in [5.74, 6) is 0.0349. The van der Waals surface area contributed by atoms with Crippen LogP contribution in [-0.4, -0.2) is 38.7 Å². The van der Waals surface area contributed by atoms with Gasteiger partial charge in [-0.05, 0) is 12.1 Å². The summed E-state index contributed by atoms with van der Waals surface area (Å²) in [6, 6.07) is 9.47. The van der Waals surface area contributed by atoms with Gasteiger partial charge in [0.2, 0.25) is 0 Å². The minimum absolute atomic E-state index is 0.200. The molecule has 0 saturated carbocycles. The molecule has 2 aliphatic rings. The van der Waals surface area contributed by atoms with Gasteiger partial charge < -0.3 is 4.52 Å². The molecule has 10 heteroatoms. The topological polar surface area (TPSA) is 110 Å². The van der Waals surface area contributed by atoms with Crippen LogP contribution in [0.25, 0.3) is 11.4 Å². The Kier molecular flexibility index (Phi) is 3.68. The lowest BCUT2D eigenvalue weighted by Gasteiger charge is -2.10. The zero-order valence-corrected chi connectivity index (χ0v) is 14.3. The molecular weight excluding hydrogens is 365 g/mol. The molecular formula is C18H12FN7O2. The van der Waals surface area contributed by atoms with Crippen molar-refractivity contribution in [2.24, 2.45) is 15.0 Å². The highest BCUT2D eigenvalue weighted by atomic mass is 19.1. The van der Waals surface area contributed by atoms with Gasteiger partial charge in [-0.15, -0.1) is 0 Å². The fraction of sp³-hybridized carbons (Fsp3) is 0.111. The first-order valence-corrected chi connectivity index (χ1v) is 8.40. The molecule has 28 heavy (non-hydrogen) atoms. The lowest BCUT2D eigenvalue weighted by atomic mass is 10.2. The third kappa shape index (κ3) is 2.80. The van der Waals surface area contributed by atoms with E-state index in [4.69, 9.17) is 4.52 Å². The van der Waals surface area contributed by atoms with E-state index in [0.717, 1.165) is 0 Å². The first kappa shape index (κ1) is 16.2. The van der Waals surface area contributed by atoms with Crippen LogP contribution in [-0.2, 0) is 6.54 Å². The number of amides is 2. The van der Waals surface area contributed by atoms with E-state index in [9.17, 15) is 9.18 Å². The molecule has 0 fully saturated rings. The number of nitrogens with one attached hydrogen (secondary N) is 1. The van der Waals surface area contributed by atoms with Gasteiger partial charge in [0.25, 0.3) is 0 Å². The summed E-state index contributed by atoms with van der Waals surface area (Å²) in [7, 11) is 0. The molecule has 2 amide bonds. The highest BCUT2D eigenvalue weighted by molar-refractivity contribution is 6.66. The number of amidine groups is 1. The summed E-state index contributed by atoms with van der Waals surface area (Å²) in [5, 5.41) is 11.1. The summed E-state index contributed by atoms with van der Waals surface area (Å²) in [6.07, 6.45) is 2.28. The summed E-state index contributed by atoms with van der Waals surface area (Å²) in [6.45, 7) is 0.200. The predicted molar refractivity (Wildman–Crippen MR) is 97.9 cm³/mol. The molecule has 0 saturated heterocycles. The van der Waals surface area contributed by atoms with Crippen LogP contribution in [0.2, 0.25) is 0 Å². The van der Waals surface area contributed by atoms with E-state index >= 15 is 0 Å². The lowest BCUT2D eigenvalue weighted by Crippen LogP contribution is -2.29. The number of benzene rings is 1. The number of rotatable bonds is 4. The van der Waals surface area contributed by atoms with Crippen LogP contribution < -0.4 is 5.32 Å². The average molecular weight is 377 g/mol. The molecule has 5 rings (SSSR count). The van der Waals surface area contributed by atoms with Gasteiger partial charge in [0, 0.05) is 11.6 Å². The number of aromatic nitrogens is 3. The molecule has 0 spiro atoms. The van der Waals surface area contributed by atoms with Gasteiger partial charge >= 0.3 is 6.03 Å². The van der Waals surface area contributed by atoms with Crippen molar-refractivity contribution in [3.05, 3.63) is 59.7 Å². The summed E-state index contributed by atoms with van der Waals surface area (Å²) < 4.78 is 20.7. The van der Waals surface area contributed by atoms with Crippen LogP contribution in [0.3, 0.4) is 0 Å². The van der Waals surface area contributed by atoms with Crippen molar-refractivity contribution >= 4 is 23.8 Å². The minimum Gasteiger partial charge on any atom is -0.364 e. The Labute approximate surface area is 157 Å². The second kappa shape index (κ2) is 6.34. The minimum atomic E-state index is -0.653. The Morgan fingerprint density at radius 2 is 2.14 bits per heavy atom. The van der Waals surface area contributed by atoms with Gasteiger partial charge in [-0.2, -0.15) is 10.1 Å². The van der Waals surface area contributed by atoms with E-state index in [2.05, 4.69) is 30.5 Å². The molecule has 1 atom stereocenters. The number of carbonyl (C=O) groups is 1. The number of hydrogen-bond acceptors (Lipinski definition) is 6. The van der Waals surface area contributed by atoms with Gasteiger partial charge in [0.1, 0.15) is 29.2 Å². The van der Waals surface area contributed by atoms with E-state index in [0.29, 0.717) is 34.2 Å². The molecule has 1 aromatic carbocycles. The highest BCUT2D eigenvalue weighted by Gasteiger charge is 2.27. The predicted octanol–water partition coefficient (Wildman–Crippen LogP) is 2.37. The first-order valence-electron chi connectivity index (χ1n) is 8.40. The number of carbonyl (C=O) groups excluding carboxylic acids is 1. The summed E-state index contributed by atoms with van der Waals surface area (Å²) >= 11 is 0. The standard InChI is InChI=1S/C18H12FN7O2/c19-11-4-2-1-3-10(11)9-26-15(12-5-6-28-25-12)7-13(24-26)16-20-8-14-17(22-16)23-18(27)21-14/h1-8,16H,9H2,(H,22,23,27). The quantitative estimate of drug-likeness (QED) is 0.752. The Balaban J connectivity index is 1.54. The van der Waals surface area contributed by atoms with Crippen LogP contribution in [0, 0.1) is 5.82 Å². The molecule has 138 valence electrons. The van der Waals surface area contributed by atoms with Gasteiger partial charge in [-0.3, -0.25) is 15.0 Å². The molecule has 1 N–H and O–H groups in total. The Hall–Kier alpha value is -3.95. The Bertz CT molecular complexity index is 1160. The number of hydrogen-bond donors (Lipinski definition) is 1. The number of nitrogens with zero attached hydrogens (tertiary/aromatic N) is 6. The Morgan fingerprint density at radius 1 is 1.25 bits per heavy atom. The zero-order valence-electron chi connectivity index (χ0n) is 14.3. The van der Waals surface area contributed by atoms with Gasteiger partial charge in [-0.25, -0.2) is 14.2 Å². The number of halogens is 1. The zero-order chi connectivity index (χ0) is 19.1. The third-order valence-electron chi connectivity index (χ3n) is 4.32. The largest absolute Gasteiger partial charge is 0.364 e. The lowest BCUT2D eigenvalue weighted by molar-refractivity contribution is 0.254. The fourth-order valence-corrected chi connectivity index (χ4v) is 3.01. The van der Waals surface area contributed by atoms with Crippen molar-refractivity contribution in [1.29, 1.82) is 0 Å². The molecule has 0 aliphatic carbocycles. The second-order valence-electron chi connectivity index (χ2n) is 6.14. The normalized spacial score (nSPS) is 17.9. The summed E-state index contributed by atoms with van der Waals surface area (Å²) in [5.41, 5.74) is 2.59. The van der Waals surface area contributed by atoms with Gasteiger partial charge in [0.05, 0.1) is 18.5 Å². The summed E-state index contributed by atoms with van der Waals surface area (Å²) in [4.78, 5) is 23.8. The van der Waals surface area contributed by atoms with Crippen molar-refractivity contribution in [2.75, 3.05) is 0 Å². The molecule has 0 bridgehead atoms. The SMILES string of the molecule is O=C1N=C2C=NC(c3cc(-c4ccon4)n(Cc4ccccc4F)n3)N=C2N1. The number of urea groups is 1. The molecule has 0 radical (unpaired) electrons. The molecule has 3 aromatic rings. The number of aliphatic imine (C=N–C) groups is 3. The molecule has 1 unspecified atom stereocenters. The van der Waals surface area contributed by atoms with Gasteiger partial charge in [0.15, 0.2) is 12.0 Å². The van der Waals surface area contributed by atoms with Crippen molar-refractivity contribution < 1.29 is 13.7 Å². The highest BCUT2D eigenvalue weighted by Crippen LogP contribution is 2.27. The van der Waals surface area contributed by atoms with Crippen LogP contribution >= 0.6 is 0 Å². The van der Waals surface area contributed by atoms with E-state index < -0.39 is 12.2 Å². The molecule has 9 nitrogen and oxygen atoms in total. The third-order valence-corrected chi connectivity index (χ3v) is 4.32. The maximum atomic E-state index is 14.1. The molecule has 2 aromatic heterocycles. The second-order valence-corrected chi connectivity index (χ2v) is 6.14. The smallest absolute Gasteiger partial charge is 0.347 e. The molecule has 4 heterocycles. The van der Waals surface area contributed by atoms with Crippen molar-refractivity contribution in [1.82, 2.24) is 20.3 Å². The van der Waals surface area contributed by atoms with Crippen LogP contribution in [0.5, 0.6) is 0 Å². The van der Waals surface area contributed by atoms with E-state index in [-0.39, 0.29) is 12.4 Å². The van der Waals surface area contributed by atoms with Crippen LogP contribution in [0.4, 0.5) is 9.18 Å². The molecule has 2 aliphatic heterocycles. The van der Waals surface area contributed by atoms with E-state index in [1.54, 1.807) is 35.0 Å². The van der Waals surface area contributed by atoms with Crippen molar-refractivity contribution in [3.63, 3.8) is 0 Å². The monoisotopic (exact) mass is 377 g/mol. The maximum absolute atomic E-state index is 14.1. The number of fused-ring (bicyclic) bond motifs is 1. The Morgan fingerprint density at radius 3 is 2.96 bits per heavy atom. The maximum Gasteiger partial charge on any atom is 0.347 e. The fourth-order valence-electron chi connectivity index (χ4n) is 3.01. The van der Waals surface area contributed by atoms with E-state index in [1.807, 2.05) is 0 Å². The van der Waals surface area contributed by atoms with Crippen LogP contribution in [0.1, 0.15) is 17.4 Å². The van der Waals surface area contributed by atoms with Crippen molar-refractivity contribution in [2.45, 2.75) is 12.7 Å².